The van der Waals surface area contributed by atoms with Crippen molar-refractivity contribution in [1.82, 2.24) is 0 Å². The van der Waals surface area contributed by atoms with Gasteiger partial charge >= 0.3 is 0 Å². The van der Waals surface area contributed by atoms with Crippen LogP contribution in [0.15, 0.2) is 42.5 Å². The fourth-order valence-corrected chi connectivity index (χ4v) is 5.64. The van der Waals surface area contributed by atoms with Crippen LogP contribution in [-0.2, 0) is 0 Å². The van der Waals surface area contributed by atoms with Crippen molar-refractivity contribution in [3.63, 3.8) is 0 Å². The van der Waals surface area contributed by atoms with Crippen molar-refractivity contribution in [1.29, 1.82) is 0 Å². The van der Waals surface area contributed by atoms with E-state index in [1.165, 1.54) is 43.7 Å². The summed E-state index contributed by atoms with van der Waals surface area (Å²) < 4.78 is 24.0. The summed E-state index contributed by atoms with van der Waals surface area (Å²) in [6, 6.07) is 13.3. The molecule has 5 heteroatoms. The number of hydrogen-bond acceptors (Lipinski definition) is 3. The molecule has 3 nitrogen and oxygen atoms in total. The molecule has 31 heavy (non-hydrogen) atoms. The Morgan fingerprint density at radius 3 is 2.26 bits per heavy atom. The molecule has 0 bridgehead atoms. The Labute approximate surface area is 187 Å². The molecule has 0 spiro atoms. The largest absolute Gasteiger partial charge is 0.497 e. The minimum atomic E-state index is -0.811. The van der Waals surface area contributed by atoms with Crippen molar-refractivity contribution in [2.75, 3.05) is 27.0 Å². The first-order chi connectivity index (χ1) is 15.0. The number of benzene rings is 2. The maximum Gasteiger partial charge on any atom is 0.126 e. The van der Waals surface area contributed by atoms with Crippen molar-refractivity contribution in [2.45, 2.75) is 56.8 Å². The van der Waals surface area contributed by atoms with Gasteiger partial charge in [-0.25, -0.2) is 4.39 Å². The van der Waals surface area contributed by atoms with E-state index in [0.717, 1.165) is 42.0 Å². The van der Waals surface area contributed by atoms with E-state index < -0.39 is 8.15 Å². The van der Waals surface area contributed by atoms with E-state index in [9.17, 15) is 9.28 Å². The van der Waals surface area contributed by atoms with Gasteiger partial charge in [-0.05, 0) is 97.7 Å². The van der Waals surface area contributed by atoms with Crippen LogP contribution >= 0.6 is 8.15 Å². The number of ether oxygens (including phenoxy) is 2. The fourth-order valence-electron chi connectivity index (χ4n) is 4.56. The van der Waals surface area contributed by atoms with Gasteiger partial charge in [-0.1, -0.05) is 31.4 Å². The van der Waals surface area contributed by atoms with Crippen LogP contribution in [0.25, 0.3) is 0 Å². The van der Waals surface area contributed by atoms with Crippen LogP contribution in [0.3, 0.4) is 0 Å². The van der Waals surface area contributed by atoms with Crippen LogP contribution in [0.5, 0.6) is 11.5 Å². The maximum atomic E-state index is 13.6. The molecule has 1 N–H and O–H groups in total. The summed E-state index contributed by atoms with van der Waals surface area (Å²) in [5.41, 5.74) is 2.17. The normalized spacial score (nSPS) is 18.5. The molecule has 2 aliphatic carbocycles. The van der Waals surface area contributed by atoms with Gasteiger partial charge in [0.2, 0.25) is 0 Å². The van der Waals surface area contributed by atoms with E-state index in [0.29, 0.717) is 11.8 Å². The molecule has 0 aromatic heterocycles. The van der Waals surface area contributed by atoms with Gasteiger partial charge in [0.05, 0.1) is 14.2 Å². The van der Waals surface area contributed by atoms with Crippen LogP contribution in [0.1, 0.15) is 67.9 Å². The lowest BCUT2D eigenvalue weighted by Crippen LogP contribution is -2.06. The SMILES string of the molecule is COc1ccc(F)c(C2CCCCC2)c1.COc1cccc(C(CP(C)O)C2CC2)c1. The molecule has 0 saturated heterocycles. The monoisotopic (exact) mass is 446 g/mol. The molecule has 0 heterocycles. The number of methoxy groups -OCH3 is 2. The zero-order valence-electron chi connectivity index (χ0n) is 19.0. The van der Waals surface area contributed by atoms with Crippen molar-refractivity contribution in [3.8, 4) is 11.5 Å². The van der Waals surface area contributed by atoms with Gasteiger partial charge in [0.15, 0.2) is 0 Å². The Bertz CT molecular complexity index is 816. The summed E-state index contributed by atoms with van der Waals surface area (Å²) in [6.07, 6.45) is 9.52. The van der Waals surface area contributed by atoms with Gasteiger partial charge in [-0.3, -0.25) is 0 Å². The average molecular weight is 447 g/mol. The van der Waals surface area contributed by atoms with E-state index in [1.807, 2.05) is 24.9 Å². The lowest BCUT2D eigenvalue weighted by atomic mass is 9.84. The van der Waals surface area contributed by atoms with Crippen molar-refractivity contribution >= 4 is 8.15 Å². The fraction of sp³-hybridized carbons (Fsp3) is 0.538. The highest BCUT2D eigenvalue weighted by Gasteiger charge is 2.33. The minimum absolute atomic E-state index is 0.0808. The zero-order valence-corrected chi connectivity index (χ0v) is 19.9. The highest BCUT2D eigenvalue weighted by atomic mass is 31.1. The number of hydrogen-bond donors (Lipinski definition) is 1. The summed E-state index contributed by atoms with van der Waals surface area (Å²) in [4.78, 5) is 9.62. The molecule has 0 amide bonds. The van der Waals surface area contributed by atoms with E-state index in [1.54, 1.807) is 20.3 Å². The molecule has 2 saturated carbocycles. The van der Waals surface area contributed by atoms with Crippen molar-refractivity contribution < 1.29 is 18.8 Å². The van der Waals surface area contributed by atoms with E-state index >= 15 is 0 Å². The second-order valence-corrected chi connectivity index (χ2v) is 10.5. The standard InChI is InChI=1S/C13H17FO.C13H19O2P/c1-15-11-7-8-13(14)12(9-11)10-5-3-2-4-6-10;1-15-12-5-3-4-11(8-12)13(9-16(2)14)10-6-7-10/h7-10H,2-6H2,1H3;3-5,8,10,13-14H,6-7,9H2,1-2H3. The third-order valence-corrected chi connectivity index (χ3v) is 7.34. The van der Waals surface area contributed by atoms with Crippen LogP contribution in [0, 0.1) is 11.7 Å². The minimum Gasteiger partial charge on any atom is -0.497 e. The Morgan fingerprint density at radius 1 is 0.968 bits per heavy atom. The van der Waals surface area contributed by atoms with E-state index in [2.05, 4.69) is 12.1 Å². The first-order valence-corrected chi connectivity index (χ1v) is 13.3. The molecular weight excluding hydrogens is 410 g/mol. The molecule has 2 atom stereocenters. The quantitative estimate of drug-likeness (QED) is 0.462. The molecule has 2 unspecified atom stereocenters. The molecule has 170 valence electrons. The third kappa shape index (κ3) is 7.19. The van der Waals surface area contributed by atoms with Gasteiger partial charge in [0.25, 0.3) is 0 Å². The summed E-state index contributed by atoms with van der Waals surface area (Å²) in [7, 11) is 2.51. The lowest BCUT2D eigenvalue weighted by molar-refractivity contribution is 0.403. The molecule has 4 rings (SSSR count). The summed E-state index contributed by atoms with van der Waals surface area (Å²) in [5, 5.41) is 0. The van der Waals surface area contributed by atoms with Crippen molar-refractivity contribution in [3.05, 3.63) is 59.4 Å². The third-order valence-electron chi connectivity index (χ3n) is 6.42. The Balaban J connectivity index is 0.000000176. The van der Waals surface area contributed by atoms with Gasteiger partial charge in [-0.2, -0.15) is 0 Å². The smallest absolute Gasteiger partial charge is 0.126 e. The van der Waals surface area contributed by atoms with E-state index in [-0.39, 0.29) is 5.82 Å². The van der Waals surface area contributed by atoms with Crippen molar-refractivity contribution in [2.24, 2.45) is 5.92 Å². The Kier molecular flexibility index (Phi) is 9.16. The molecule has 2 aliphatic rings. The van der Waals surface area contributed by atoms with Gasteiger partial charge < -0.3 is 14.4 Å². The predicted octanol–water partition coefficient (Wildman–Crippen LogP) is 7.09. The van der Waals surface area contributed by atoms with Gasteiger partial charge in [-0.15, -0.1) is 0 Å². The zero-order chi connectivity index (χ0) is 22.2. The van der Waals surface area contributed by atoms with Gasteiger partial charge in [0.1, 0.15) is 17.3 Å². The molecule has 0 radical (unpaired) electrons. The second-order valence-electron chi connectivity index (χ2n) is 8.78. The second kappa shape index (κ2) is 11.8. The Morgan fingerprint density at radius 2 is 1.65 bits per heavy atom. The number of halogens is 1. The maximum absolute atomic E-state index is 13.6. The molecular formula is C26H36FO3P. The molecule has 2 aromatic carbocycles. The van der Waals surface area contributed by atoms with Crippen LogP contribution < -0.4 is 9.47 Å². The predicted molar refractivity (Wildman–Crippen MR) is 127 cm³/mol. The Hall–Kier alpha value is -1.64. The highest BCUT2D eigenvalue weighted by molar-refractivity contribution is 7.50. The number of rotatable bonds is 7. The molecule has 2 aromatic rings. The molecule has 2 fully saturated rings. The average Bonchev–Trinajstić information content (AvgIpc) is 3.64. The van der Waals surface area contributed by atoms with Crippen LogP contribution in [0.4, 0.5) is 4.39 Å². The highest BCUT2D eigenvalue weighted by Crippen LogP contribution is 2.47. The first-order valence-electron chi connectivity index (χ1n) is 11.4. The first kappa shape index (κ1) is 24.0. The summed E-state index contributed by atoms with van der Waals surface area (Å²) >= 11 is 0. The van der Waals surface area contributed by atoms with Crippen LogP contribution in [-0.4, -0.2) is 31.9 Å². The lowest BCUT2D eigenvalue weighted by Gasteiger charge is -2.22. The van der Waals surface area contributed by atoms with Crippen LogP contribution in [0.2, 0.25) is 0 Å². The van der Waals surface area contributed by atoms with E-state index in [4.69, 9.17) is 9.47 Å². The summed E-state index contributed by atoms with van der Waals surface area (Å²) in [5.74, 6) is 3.30. The topological polar surface area (TPSA) is 38.7 Å². The molecule has 0 aliphatic heterocycles. The van der Waals surface area contributed by atoms with Gasteiger partial charge in [0, 0.05) is 8.15 Å². The summed E-state index contributed by atoms with van der Waals surface area (Å²) in [6.45, 7) is 1.94.